The van der Waals surface area contributed by atoms with E-state index < -0.39 is 23.9 Å². The lowest BCUT2D eigenvalue weighted by atomic mass is 9.85. The lowest BCUT2D eigenvalue weighted by Gasteiger charge is -2.32. The van der Waals surface area contributed by atoms with Crippen LogP contribution >= 0.6 is 0 Å². The molecule has 7 heteroatoms. The fraction of sp³-hybridized carbons (Fsp3) is 0.769. The Kier molecular flexibility index (Phi) is 4.46. The van der Waals surface area contributed by atoms with Gasteiger partial charge in [0, 0.05) is 19.0 Å². The van der Waals surface area contributed by atoms with E-state index in [1.165, 1.54) is 4.90 Å². The second-order valence-corrected chi connectivity index (χ2v) is 5.56. The van der Waals surface area contributed by atoms with Gasteiger partial charge in [-0.1, -0.05) is 12.8 Å². The van der Waals surface area contributed by atoms with Crippen LogP contribution < -0.4 is 11.1 Å². The van der Waals surface area contributed by atoms with E-state index in [1.807, 2.05) is 0 Å². The Morgan fingerprint density at radius 3 is 2.60 bits per heavy atom. The molecule has 4 N–H and O–H groups in total. The van der Waals surface area contributed by atoms with E-state index in [4.69, 9.17) is 5.73 Å². The average molecular weight is 283 g/mol. The number of carbonyl (C=O) groups is 3. The molecule has 2 aliphatic rings. The highest BCUT2D eigenvalue weighted by Gasteiger charge is 2.47. The van der Waals surface area contributed by atoms with Crippen molar-refractivity contribution in [3.63, 3.8) is 0 Å². The quantitative estimate of drug-likeness (QED) is 0.688. The van der Waals surface area contributed by atoms with E-state index in [2.05, 4.69) is 5.32 Å². The number of hydrogen-bond donors (Lipinski definition) is 3. The zero-order valence-corrected chi connectivity index (χ0v) is 11.4. The topological polar surface area (TPSA) is 113 Å². The zero-order chi connectivity index (χ0) is 14.7. The summed E-state index contributed by atoms with van der Waals surface area (Å²) in [7, 11) is 0. The second-order valence-electron chi connectivity index (χ2n) is 5.56. The number of carbonyl (C=O) groups excluding carboxylic acids is 2. The summed E-state index contributed by atoms with van der Waals surface area (Å²) < 4.78 is 0. The van der Waals surface area contributed by atoms with Gasteiger partial charge in [-0.2, -0.15) is 0 Å². The fourth-order valence-corrected chi connectivity index (χ4v) is 3.36. The first-order chi connectivity index (χ1) is 9.50. The van der Waals surface area contributed by atoms with Gasteiger partial charge in [-0.05, 0) is 25.2 Å². The van der Waals surface area contributed by atoms with E-state index >= 15 is 0 Å². The van der Waals surface area contributed by atoms with Crippen LogP contribution in [-0.2, 0) is 9.59 Å². The van der Waals surface area contributed by atoms with Gasteiger partial charge in [-0.15, -0.1) is 0 Å². The third-order valence-electron chi connectivity index (χ3n) is 4.26. The average Bonchev–Trinajstić information content (AvgIpc) is 2.77. The van der Waals surface area contributed by atoms with Gasteiger partial charge in [0.2, 0.25) is 5.91 Å². The smallest absolute Gasteiger partial charge is 0.326 e. The van der Waals surface area contributed by atoms with Gasteiger partial charge >= 0.3 is 12.0 Å². The van der Waals surface area contributed by atoms with E-state index in [9.17, 15) is 19.5 Å². The molecule has 0 spiro atoms. The predicted octanol–water partition coefficient (Wildman–Crippen LogP) is 0.289. The van der Waals surface area contributed by atoms with Crippen molar-refractivity contribution >= 4 is 17.9 Å². The van der Waals surface area contributed by atoms with Crippen LogP contribution in [0.1, 0.15) is 38.5 Å². The molecule has 0 radical (unpaired) electrons. The lowest BCUT2D eigenvalue weighted by molar-refractivity contribution is -0.141. The molecule has 2 fully saturated rings. The standard InChI is InChI=1S/C13H21N3O4/c14-11(17)5-6-15-13(20)16-9-4-2-1-3-8(9)7-10(16)12(18)19/h8-10H,1-7H2,(H2,14,17)(H,15,20)(H,18,19). The lowest BCUT2D eigenvalue weighted by Crippen LogP contribution is -2.51. The van der Waals surface area contributed by atoms with Gasteiger partial charge in [0.1, 0.15) is 6.04 Å². The maximum atomic E-state index is 12.2. The SMILES string of the molecule is NC(=O)CCNC(=O)N1C(C(=O)O)CC2CCCCC21. The van der Waals surface area contributed by atoms with E-state index in [0.717, 1.165) is 25.7 Å². The third kappa shape index (κ3) is 3.02. The highest BCUT2D eigenvalue weighted by Crippen LogP contribution is 2.39. The number of hydrogen-bond acceptors (Lipinski definition) is 3. The molecule has 20 heavy (non-hydrogen) atoms. The molecular formula is C13H21N3O4. The van der Waals surface area contributed by atoms with Gasteiger partial charge in [0.05, 0.1) is 0 Å². The minimum absolute atomic E-state index is 0.0124. The number of nitrogens with zero attached hydrogens (tertiary/aromatic N) is 1. The fourth-order valence-electron chi connectivity index (χ4n) is 3.36. The van der Waals surface area contributed by atoms with Crippen molar-refractivity contribution in [1.82, 2.24) is 10.2 Å². The molecule has 7 nitrogen and oxygen atoms in total. The number of nitrogens with one attached hydrogen (secondary N) is 1. The van der Waals surface area contributed by atoms with Gasteiger partial charge in [-0.3, -0.25) is 4.79 Å². The molecule has 2 rings (SSSR count). The number of primary amides is 1. The summed E-state index contributed by atoms with van der Waals surface area (Å²) >= 11 is 0. The monoisotopic (exact) mass is 283 g/mol. The first-order valence-electron chi connectivity index (χ1n) is 7.08. The van der Waals surface area contributed by atoms with Crippen molar-refractivity contribution in [1.29, 1.82) is 0 Å². The predicted molar refractivity (Wildman–Crippen MR) is 70.8 cm³/mol. The molecule has 3 unspecified atom stereocenters. The van der Waals surface area contributed by atoms with Crippen LogP contribution in [0.3, 0.4) is 0 Å². The summed E-state index contributed by atoms with van der Waals surface area (Å²) in [6.45, 7) is 0.147. The molecule has 0 aromatic heterocycles. The Balaban J connectivity index is 2.02. The van der Waals surface area contributed by atoms with Crippen molar-refractivity contribution < 1.29 is 19.5 Å². The van der Waals surface area contributed by atoms with E-state index in [1.54, 1.807) is 0 Å². The maximum absolute atomic E-state index is 12.2. The van der Waals surface area contributed by atoms with Crippen LogP contribution in [0.5, 0.6) is 0 Å². The Bertz CT molecular complexity index is 412. The minimum atomic E-state index is -0.954. The van der Waals surface area contributed by atoms with Gasteiger partial charge in [-0.25, -0.2) is 9.59 Å². The van der Waals surface area contributed by atoms with Crippen molar-refractivity contribution in [2.24, 2.45) is 11.7 Å². The van der Waals surface area contributed by atoms with Crippen LogP contribution in [0.4, 0.5) is 4.79 Å². The minimum Gasteiger partial charge on any atom is -0.480 e. The molecule has 1 saturated carbocycles. The Labute approximate surface area is 117 Å². The van der Waals surface area contributed by atoms with Crippen LogP contribution in [0.2, 0.25) is 0 Å². The molecule has 1 aliphatic carbocycles. The number of carboxylic acids is 1. The summed E-state index contributed by atoms with van der Waals surface area (Å²) in [5.41, 5.74) is 5.02. The Morgan fingerprint density at radius 1 is 1.25 bits per heavy atom. The third-order valence-corrected chi connectivity index (χ3v) is 4.26. The van der Waals surface area contributed by atoms with Crippen molar-refractivity contribution in [2.45, 2.75) is 50.6 Å². The van der Waals surface area contributed by atoms with Gasteiger partial charge in [0.25, 0.3) is 0 Å². The number of rotatable bonds is 4. The number of carboxylic acid groups (broad SMARTS) is 1. The molecule has 1 saturated heterocycles. The first kappa shape index (κ1) is 14.6. The molecular weight excluding hydrogens is 262 g/mol. The second kappa shape index (κ2) is 6.11. The molecule has 0 aromatic rings. The summed E-state index contributed by atoms with van der Waals surface area (Å²) in [5.74, 6) is -1.16. The van der Waals surface area contributed by atoms with Gasteiger partial charge < -0.3 is 21.1 Å². The highest BCUT2D eigenvalue weighted by molar-refractivity contribution is 5.84. The zero-order valence-electron chi connectivity index (χ0n) is 11.4. The molecule has 1 aliphatic heterocycles. The van der Waals surface area contributed by atoms with Crippen molar-refractivity contribution in [3.05, 3.63) is 0 Å². The molecule has 112 valence electrons. The molecule has 0 bridgehead atoms. The number of amides is 3. The van der Waals surface area contributed by atoms with Crippen molar-refractivity contribution in [3.8, 4) is 0 Å². The number of fused-ring (bicyclic) bond motifs is 1. The molecule has 0 aromatic carbocycles. The largest absolute Gasteiger partial charge is 0.480 e. The molecule has 1 heterocycles. The highest BCUT2D eigenvalue weighted by atomic mass is 16.4. The summed E-state index contributed by atoms with van der Waals surface area (Å²) in [6.07, 6.45) is 4.56. The number of likely N-dealkylation sites (tertiary alicyclic amines) is 1. The molecule has 3 atom stereocenters. The van der Waals surface area contributed by atoms with Crippen LogP contribution in [0.25, 0.3) is 0 Å². The Hall–Kier alpha value is -1.79. The number of aliphatic carboxylic acids is 1. The normalized spacial score (nSPS) is 28.8. The summed E-state index contributed by atoms with van der Waals surface area (Å²) in [6, 6.07) is -1.14. The summed E-state index contributed by atoms with van der Waals surface area (Å²) in [5, 5.41) is 11.9. The van der Waals surface area contributed by atoms with Crippen LogP contribution in [-0.4, -0.2) is 46.5 Å². The molecule has 3 amide bonds. The van der Waals surface area contributed by atoms with Crippen LogP contribution in [0.15, 0.2) is 0 Å². The van der Waals surface area contributed by atoms with Gasteiger partial charge in [0.15, 0.2) is 0 Å². The first-order valence-corrected chi connectivity index (χ1v) is 7.08. The van der Waals surface area contributed by atoms with E-state index in [-0.39, 0.29) is 24.9 Å². The maximum Gasteiger partial charge on any atom is 0.326 e. The van der Waals surface area contributed by atoms with Crippen molar-refractivity contribution in [2.75, 3.05) is 6.54 Å². The van der Waals surface area contributed by atoms with Crippen LogP contribution in [0, 0.1) is 5.92 Å². The Morgan fingerprint density at radius 2 is 1.95 bits per heavy atom. The number of urea groups is 1. The summed E-state index contributed by atoms with van der Waals surface area (Å²) in [4.78, 5) is 35.7. The number of nitrogens with two attached hydrogens (primary N) is 1. The van der Waals surface area contributed by atoms with E-state index in [0.29, 0.717) is 6.42 Å².